The zero-order valence-corrected chi connectivity index (χ0v) is 13.8. The van der Waals surface area contributed by atoms with E-state index in [1.54, 1.807) is 17.5 Å². The quantitative estimate of drug-likeness (QED) is 0.671. The summed E-state index contributed by atoms with van der Waals surface area (Å²) in [5, 5.41) is 0.891. The van der Waals surface area contributed by atoms with Gasteiger partial charge >= 0.3 is 0 Å². The van der Waals surface area contributed by atoms with E-state index in [1.165, 1.54) is 4.88 Å². The van der Waals surface area contributed by atoms with Gasteiger partial charge in [0, 0.05) is 17.3 Å². The number of hydrogen-bond acceptors (Lipinski definition) is 4. The van der Waals surface area contributed by atoms with Gasteiger partial charge in [-0.1, -0.05) is 6.92 Å². The molecule has 0 amide bonds. The zero-order chi connectivity index (χ0) is 15.0. The summed E-state index contributed by atoms with van der Waals surface area (Å²) >= 11 is 8.05. The lowest BCUT2D eigenvalue weighted by Crippen LogP contribution is -2.11. The van der Waals surface area contributed by atoms with E-state index in [0.717, 1.165) is 28.4 Å². The first kappa shape index (κ1) is 14.5. The number of aryl methyl sites for hydroxylation is 1. The molecule has 21 heavy (non-hydrogen) atoms. The Labute approximate surface area is 132 Å². The summed E-state index contributed by atoms with van der Waals surface area (Å²) < 4.78 is 2.10. The van der Waals surface area contributed by atoms with Crippen LogP contribution in [0, 0.1) is 0 Å². The van der Waals surface area contributed by atoms with Crippen LogP contribution in [0.25, 0.3) is 11.2 Å². The van der Waals surface area contributed by atoms with Crippen LogP contribution in [0.4, 0.5) is 0 Å². The van der Waals surface area contributed by atoms with Crippen molar-refractivity contribution >= 4 is 34.1 Å². The third-order valence-electron chi connectivity index (χ3n) is 3.50. The molecule has 0 aliphatic heterocycles. The second kappa shape index (κ2) is 5.73. The third kappa shape index (κ3) is 2.56. The molecule has 0 fully saturated rings. The van der Waals surface area contributed by atoms with Gasteiger partial charge < -0.3 is 4.57 Å². The minimum absolute atomic E-state index is 0.0754. The first-order chi connectivity index (χ1) is 10.1. The Morgan fingerprint density at radius 1 is 1.33 bits per heavy atom. The lowest BCUT2D eigenvalue weighted by molar-refractivity contribution is 0.610. The van der Waals surface area contributed by atoms with Crippen molar-refractivity contribution in [2.75, 3.05) is 0 Å². The average molecular weight is 321 g/mol. The van der Waals surface area contributed by atoms with Crippen molar-refractivity contribution in [1.82, 2.24) is 19.5 Å². The third-order valence-corrected chi connectivity index (χ3v) is 5.00. The van der Waals surface area contributed by atoms with Gasteiger partial charge in [0.25, 0.3) is 0 Å². The molecule has 0 aliphatic rings. The van der Waals surface area contributed by atoms with Crippen molar-refractivity contribution < 1.29 is 0 Å². The number of thiazole rings is 1. The Morgan fingerprint density at radius 3 is 2.81 bits per heavy atom. The van der Waals surface area contributed by atoms with Crippen LogP contribution in [0.5, 0.6) is 0 Å². The van der Waals surface area contributed by atoms with Crippen molar-refractivity contribution in [3.05, 3.63) is 40.2 Å². The molecule has 0 bridgehead atoms. The molecule has 0 aromatic carbocycles. The number of aromatic nitrogens is 4. The van der Waals surface area contributed by atoms with Gasteiger partial charge in [0.15, 0.2) is 5.65 Å². The van der Waals surface area contributed by atoms with E-state index in [4.69, 9.17) is 11.6 Å². The maximum absolute atomic E-state index is 6.32. The number of alkyl halides is 1. The predicted octanol–water partition coefficient (Wildman–Crippen LogP) is 4.36. The highest BCUT2D eigenvalue weighted by Crippen LogP contribution is 2.31. The van der Waals surface area contributed by atoms with Crippen LogP contribution < -0.4 is 0 Å². The minimum Gasteiger partial charge on any atom is -0.302 e. The smallest absolute Gasteiger partial charge is 0.160 e. The molecular weight excluding hydrogens is 304 g/mol. The van der Waals surface area contributed by atoms with Crippen molar-refractivity contribution in [2.24, 2.45) is 0 Å². The summed E-state index contributed by atoms with van der Waals surface area (Å²) in [6, 6.07) is 3.94. The lowest BCUT2D eigenvalue weighted by Gasteiger charge is -2.15. The molecule has 2 atom stereocenters. The number of nitrogens with zero attached hydrogens (tertiary/aromatic N) is 4. The topological polar surface area (TPSA) is 43.6 Å². The van der Waals surface area contributed by atoms with Gasteiger partial charge in [0.1, 0.15) is 16.3 Å². The SMILES string of the molecule is CCc1cnc(C(C)n2c(C(C)Cl)nc3cccnc32)s1. The van der Waals surface area contributed by atoms with Crippen LogP contribution in [0.3, 0.4) is 0 Å². The molecule has 0 radical (unpaired) electrons. The van der Waals surface area contributed by atoms with Crippen LogP contribution in [0.1, 0.15) is 47.9 Å². The van der Waals surface area contributed by atoms with Crippen molar-refractivity contribution in [1.29, 1.82) is 0 Å². The van der Waals surface area contributed by atoms with E-state index in [0.29, 0.717) is 0 Å². The van der Waals surface area contributed by atoms with Gasteiger partial charge in [-0.3, -0.25) is 0 Å². The molecule has 3 heterocycles. The van der Waals surface area contributed by atoms with Gasteiger partial charge in [0.2, 0.25) is 0 Å². The molecule has 0 spiro atoms. The summed E-state index contributed by atoms with van der Waals surface area (Å²) in [6.45, 7) is 6.20. The molecule has 3 aromatic heterocycles. The van der Waals surface area contributed by atoms with E-state index < -0.39 is 0 Å². The zero-order valence-electron chi connectivity index (χ0n) is 12.2. The van der Waals surface area contributed by atoms with Gasteiger partial charge in [-0.25, -0.2) is 15.0 Å². The maximum atomic E-state index is 6.32. The van der Waals surface area contributed by atoms with Crippen molar-refractivity contribution in [3.63, 3.8) is 0 Å². The standard InChI is InChI=1S/C15H17ClN4S/c1-4-11-8-18-15(21-11)10(3)20-13(9(2)16)19-12-6-5-7-17-14(12)20/h5-10H,4H2,1-3H3. The van der Waals surface area contributed by atoms with Gasteiger partial charge in [-0.15, -0.1) is 22.9 Å². The summed E-state index contributed by atoms with van der Waals surface area (Å²) in [5.41, 5.74) is 1.74. The molecule has 0 saturated heterocycles. The van der Waals surface area contributed by atoms with E-state index >= 15 is 0 Å². The number of rotatable bonds is 4. The largest absolute Gasteiger partial charge is 0.302 e. The highest BCUT2D eigenvalue weighted by Gasteiger charge is 2.22. The normalized spacial score (nSPS) is 14.5. The van der Waals surface area contributed by atoms with Crippen LogP contribution in [0.15, 0.2) is 24.5 Å². The molecule has 0 N–H and O–H groups in total. The maximum Gasteiger partial charge on any atom is 0.160 e. The molecule has 4 nitrogen and oxygen atoms in total. The van der Waals surface area contributed by atoms with Crippen LogP contribution in [0.2, 0.25) is 0 Å². The summed E-state index contributed by atoms with van der Waals surface area (Å²) in [4.78, 5) is 14.9. The first-order valence-electron chi connectivity index (χ1n) is 7.03. The molecule has 6 heteroatoms. The fourth-order valence-corrected chi connectivity index (χ4v) is 3.45. The number of hydrogen-bond donors (Lipinski definition) is 0. The summed E-state index contributed by atoms with van der Waals surface area (Å²) in [5.74, 6) is 0.839. The van der Waals surface area contributed by atoms with Crippen LogP contribution in [-0.2, 0) is 6.42 Å². The molecule has 110 valence electrons. The van der Waals surface area contributed by atoms with Crippen LogP contribution in [-0.4, -0.2) is 19.5 Å². The Hall–Kier alpha value is -1.46. The Kier molecular flexibility index (Phi) is 3.95. The van der Waals surface area contributed by atoms with E-state index in [9.17, 15) is 0 Å². The average Bonchev–Trinajstić information content (AvgIpc) is 3.11. The van der Waals surface area contributed by atoms with E-state index in [2.05, 4.69) is 33.4 Å². The van der Waals surface area contributed by atoms with Gasteiger partial charge in [0.05, 0.1) is 11.4 Å². The van der Waals surface area contributed by atoms with Gasteiger partial charge in [-0.05, 0) is 32.4 Å². The molecular formula is C15H17ClN4S. The molecule has 0 aliphatic carbocycles. The minimum atomic E-state index is -0.174. The molecule has 3 aromatic rings. The van der Waals surface area contributed by atoms with E-state index in [1.807, 2.05) is 25.3 Å². The fraction of sp³-hybridized carbons (Fsp3) is 0.400. The molecule has 3 rings (SSSR count). The molecule has 2 unspecified atom stereocenters. The van der Waals surface area contributed by atoms with Crippen molar-refractivity contribution in [3.8, 4) is 0 Å². The Balaban J connectivity index is 2.15. The number of fused-ring (bicyclic) bond motifs is 1. The van der Waals surface area contributed by atoms with Gasteiger partial charge in [-0.2, -0.15) is 0 Å². The van der Waals surface area contributed by atoms with E-state index in [-0.39, 0.29) is 11.4 Å². The fourth-order valence-electron chi connectivity index (χ4n) is 2.40. The summed E-state index contributed by atoms with van der Waals surface area (Å²) in [7, 11) is 0. The van der Waals surface area contributed by atoms with Crippen LogP contribution >= 0.6 is 22.9 Å². The monoisotopic (exact) mass is 320 g/mol. The first-order valence-corrected chi connectivity index (χ1v) is 8.28. The predicted molar refractivity (Wildman–Crippen MR) is 87.1 cm³/mol. The highest BCUT2D eigenvalue weighted by molar-refractivity contribution is 7.11. The Morgan fingerprint density at radius 2 is 2.14 bits per heavy atom. The number of halogens is 1. The second-order valence-electron chi connectivity index (χ2n) is 5.00. The van der Waals surface area contributed by atoms with Crippen molar-refractivity contribution in [2.45, 2.75) is 38.6 Å². The highest BCUT2D eigenvalue weighted by atomic mass is 35.5. The molecule has 0 saturated carbocycles. The summed E-state index contributed by atoms with van der Waals surface area (Å²) in [6.07, 6.45) is 4.74. The number of imidazole rings is 1. The Bertz CT molecular complexity index is 762. The second-order valence-corrected chi connectivity index (χ2v) is 6.80. The number of pyridine rings is 1. The lowest BCUT2D eigenvalue weighted by atomic mass is 10.3.